The molecule has 0 saturated carbocycles. The first-order valence-electron chi connectivity index (χ1n) is 12.3. The Morgan fingerprint density at radius 3 is 1.29 bits per heavy atom. The van der Waals surface area contributed by atoms with Crippen molar-refractivity contribution in [1.29, 1.82) is 0 Å². The molecular formula is C26H26N8O6S2. The van der Waals surface area contributed by atoms with Gasteiger partial charge in [0, 0.05) is 36.6 Å². The number of rotatable bonds is 11. The Morgan fingerprint density at radius 2 is 0.952 bits per heavy atom. The van der Waals surface area contributed by atoms with Crippen molar-refractivity contribution in [1.82, 2.24) is 19.9 Å². The van der Waals surface area contributed by atoms with Crippen LogP contribution < -0.4 is 20.1 Å². The van der Waals surface area contributed by atoms with Gasteiger partial charge < -0.3 is 10.6 Å². The molecule has 2 aromatic heterocycles. The van der Waals surface area contributed by atoms with Crippen LogP contribution in [0.3, 0.4) is 0 Å². The number of hydrogen-bond donors (Lipinski definition) is 4. The Hall–Kier alpha value is -4.96. The van der Waals surface area contributed by atoms with Gasteiger partial charge in [0.25, 0.3) is 20.0 Å². The molecule has 2 heterocycles. The van der Waals surface area contributed by atoms with Gasteiger partial charge in [0.05, 0.1) is 9.79 Å². The predicted molar refractivity (Wildman–Crippen MR) is 155 cm³/mol. The van der Waals surface area contributed by atoms with Crippen LogP contribution in [0, 0.1) is 13.8 Å². The van der Waals surface area contributed by atoms with E-state index in [1.165, 1.54) is 73.1 Å². The predicted octanol–water partition coefficient (Wildman–Crippen LogP) is 2.84. The van der Waals surface area contributed by atoms with Gasteiger partial charge in [0.1, 0.15) is 23.3 Å². The molecule has 14 nitrogen and oxygen atoms in total. The van der Waals surface area contributed by atoms with E-state index in [0.29, 0.717) is 23.0 Å². The third-order valence-electron chi connectivity index (χ3n) is 5.51. The van der Waals surface area contributed by atoms with Gasteiger partial charge in [-0.15, -0.1) is 0 Å². The van der Waals surface area contributed by atoms with E-state index in [1.54, 1.807) is 13.8 Å². The largest absolute Gasteiger partial charge is 0.326 e. The number of amides is 2. The molecule has 0 aliphatic carbocycles. The van der Waals surface area contributed by atoms with E-state index in [4.69, 9.17) is 0 Å². The fraction of sp³-hybridized carbons (Fsp3) is 0.154. The zero-order chi connectivity index (χ0) is 30.3. The third-order valence-corrected chi connectivity index (χ3v) is 8.25. The number of nitrogens with zero attached hydrogens (tertiary/aromatic N) is 4. The number of sulfonamides is 2. The lowest BCUT2D eigenvalue weighted by Gasteiger charge is -2.10. The fourth-order valence-electron chi connectivity index (χ4n) is 3.53. The molecule has 4 aromatic rings. The van der Waals surface area contributed by atoms with Crippen molar-refractivity contribution in [2.45, 2.75) is 36.5 Å². The minimum absolute atomic E-state index is 0.0325. The summed E-state index contributed by atoms with van der Waals surface area (Å²) in [7, 11) is -7.80. The molecule has 0 saturated heterocycles. The summed E-state index contributed by atoms with van der Waals surface area (Å²) in [4.78, 5) is 40.5. The number of carbonyl (C=O) groups excluding carboxylic acids is 2. The monoisotopic (exact) mass is 610 g/mol. The molecule has 0 fully saturated rings. The van der Waals surface area contributed by atoms with Gasteiger partial charge in [-0.05, 0) is 74.5 Å². The smallest absolute Gasteiger partial charge is 0.263 e. The Labute approximate surface area is 242 Å². The van der Waals surface area contributed by atoms with Crippen LogP contribution in [-0.2, 0) is 29.6 Å². The molecule has 0 spiro atoms. The topological polar surface area (TPSA) is 202 Å². The molecule has 0 unspecified atom stereocenters. The number of aryl methyl sites for hydroxylation is 2. The highest BCUT2D eigenvalue weighted by Gasteiger charge is 2.17. The summed E-state index contributed by atoms with van der Waals surface area (Å²) in [6, 6.07) is 13.9. The molecule has 0 radical (unpaired) electrons. The molecule has 2 amide bonds. The molecule has 0 bridgehead atoms. The zero-order valence-corrected chi connectivity index (χ0v) is 24.0. The standard InChI is InChI=1S/C26H26N8O6S2/c1-17-27-15-13-23(29-17)33-41(37,38)21-7-3-19(4-8-21)31-25(35)11-12-26(36)32-20-5-9-22(10-6-20)42(39,40)34-24-14-16-28-18(2)30-24/h3-10,13-16H,11-12H2,1-2H3,(H,31,35)(H,32,36)(H,27,29,33)(H,28,30,34). The van der Waals surface area contributed by atoms with Gasteiger partial charge in [-0.25, -0.2) is 36.8 Å². The first-order valence-corrected chi connectivity index (χ1v) is 15.3. The average Bonchev–Trinajstić information content (AvgIpc) is 2.92. The van der Waals surface area contributed by atoms with E-state index in [9.17, 15) is 26.4 Å². The van der Waals surface area contributed by atoms with Crippen LogP contribution in [-0.4, -0.2) is 48.6 Å². The number of benzene rings is 2. The van der Waals surface area contributed by atoms with Gasteiger partial charge in [-0.3, -0.25) is 19.0 Å². The van der Waals surface area contributed by atoms with E-state index in [-0.39, 0.29) is 34.3 Å². The van der Waals surface area contributed by atoms with Gasteiger partial charge in [-0.2, -0.15) is 0 Å². The lowest BCUT2D eigenvalue weighted by molar-refractivity contribution is -0.121. The number of nitrogens with one attached hydrogen (secondary N) is 4. The van der Waals surface area contributed by atoms with Crippen molar-refractivity contribution in [2.75, 3.05) is 20.1 Å². The maximum atomic E-state index is 12.6. The van der Waals surface area contributed by atoms with Crippen molar-refractivity contribution in [3.8, 4) is 0 Å². The highest BCUT2D eigenvalue weighted by molar-refractivity contribution is 7.93. The van der Waals surface area contributed by atoms with Crippen LogP contribution in [0.2, 0.25) is 0 Å². The van der Waals surface area contributed by atoms with Crippen molar-refractivity contribution in [3.05, 3.63) is 84.7 Å². The van der Waals surface area contributed by atoms with E-state index in [1.807, 2.05) is 0 Å². The maximum absolute atomic E-state index is 12.6. The third kappa shape index (κ3) is 8.28. The van der Waals surface area contributed by atoms with E-state index in [0.717, 1.165) is 0 Å². The van der Waals surface area contributed by atoms with Crippen molar-refractivity contribution in [2.24, 2.45) is 0 Å². The second-order valence-electron chi connectivity index (χ2n) is 8.83. The summed E-state index contributed by atoms with van der Waals surface area (Å²) in [5, 5.41) is 5.21. The van der Waals surface area contributed by atoms with Crippen molar-refractivity contribution in [3.63, 3.8) is 0 Å². The Balaban J connectivity index is 1.25. The second-order valence-corrected chi connectivity index (χ2v) is 12.2. The lowest BCUT2D eigenvalue weighted by atomic mass is 10.2. The molecule has 218 valence electrons. The maximum Gasteiger partial charge on any atom is 0.263 e. The Morgan fingerprint density at radius 1 is 0.595 bits per heavy atom. The van der Waals surface area contributed by atoms with E-state index < -0.39 is 31.9 Å². The minimum atomic E-state index is -3.90. The van der Waals surface area contributed by atoms with Crippen molar-refractivity contribution >= 4 is 54.9 Å². The van der Waals surface area contributed by atoms with Crippen LogP contribution in [0.5, 0.6) is 0 Å². The molecular weight excluding hydrogens is 584 g/mol. The van der Waals surface area contributed by atoms with Gasteiger partial charge in [-0.1, -0.05) is 0 Å². The zero-order valence-electron chi connectivity index (χ0n) is 22.4. The highest BCUT2D eigenvalue weighted by atomic mass is 32.2. The molecule has 0 aliphatic rings. The summed E-state index contributed by atoms with van der Waals surface area (Å²) in [6.07, 6.45) is 2.58. The van der Waals surface area contributed by atoms with Crippen LogP contribution in [0.15, 0.2) is 82.8 Å². The molecule has 42 heavy (non-hydrogen) atoms. The molecule has 4 N–H and O–H groups in total. The highest BCUT2D eigenvalue weighted by Crippen LogP contribution is 2.19. The number of carbonyl (C=O) groups is 2. The van der Waals surface area contributed by atoms with E-state index in [2.05, 4.69) is 40.0 Å². The van der Waals surface area contributed by atoms with Crippen LogP contribution in [0.4, 0.5) is 23.0 Å². The summed E-state index contributed by atoms with van der Waals surface area (Å²) in [5.74, 6) is 0.169. The first-order chi connectivity index (χ1) is 19.9. The number of aromatic nitrogens is 4. The SMILES string of the molecule is Cc1nccc(NS(=O)(=O)c2ccc(NC(=O)CCC(=O)Nc3ccc(S(=O)(=O)Nc4ccnc(C)n4)cc3)cc2)n1. The van der Waals surface area contributed by atoms with Gasteiger partial charge in [0.2, 0.25) is 11.8 Å². The summed E-state index contributed by atoms with van der Waals surface area (Å²) in [6.45, 7) is 3.27. The van der Waals surface area contributed by atoms with E-state index >= 15 is 0 Å². The van der Waals surface area contributed by atoms with Gasteiger partial charge in [0.15, 0.2) is 0 Å². The summed E-state index contributed by atoms with van der Waals surface area (Å²) >= 11 is 0. The normalized spacial score (nSPS) is 11.4. The second kappa shape index (κ2) is 12.7. The lowest BCUT2D eigenvalue weighted by Crippen LogP contribution is -2.18. The summed E-state index contributed by atoms with van der Waals surface area (Å²) in [5.41, 5.74) is 0.694. The average molecular weight is 611 g/mol. The van der Waals surface area contributed by atoms with Crippen LogP contribution in [0.25, 0.3) is 0 Å². The quantitative estimate of drug-likeness (QED) is 0.196. The Kier molecular flexibility index (Phi) is 9.07. The number of hydrogen-bond acceptors (Lipinski definition) is 10. The Bertz CT molecular complexity index is 1680. The molecule has 0 aliphatic heterocycles. The minimum Gasteiger partial charge on any atom is -0.326 e. The molecule has 2 aromatic carbocycles. The molecule has 4 rings (SSSR count). The fourth-order valence-corrected chi connectivity index (χ4v) is 5.53. The van der Waals surface area contributed by atoms with Crippen molar-refractivity contribution < 1.29 is 26.4 Å². The first kappa shape index (κ1) is 30.0. The number of anilines is 4. The molecule has 0 atom stereocenters. The van der Waals surface area contributed by atoms with Crippen LogP contribution in [0.1, 0.15) is 24.5 Å². The van der Waals surface area contributed by atoms with Gasteiger partial charge >= 0.3 is 0 Å². The van der Waals surface area contributed by atoms with Crippen LogP contribution >= 0.6 is 0 Å². The molecule has 16 heteroatoms. The summed E-state index contributed by atoms with van der Waals surface area (Å²) < 4.78 is 55.1.